The number of fused-ring (bicyclic) bond motifs is 1. The van der Waals surface area contributed by atoms with E-state index >= 15 is 0 Å². The van der Waals surface area contributed by atoms with Crippen molar-refractivity contribution in [2.75, 3.05) is 13.1 Å². The zero-order chi connectivity index (χ0) is 17.7. The van der Waals surface area contributed by atoms with E-state index in [-0.39, 0.29) is 17.4 Å². The molecule has 0 radical (unpaired) electrons. The maximum Gasteiger partial charge on any atom is 0.266 e. The van der Waals surface area contributed by atoms with E-state index in [1.54, 1.807) is 17.1 Å². The van der Waals surface area contributed by atoms with Crippen molar-refractivity contribution in [3.05, 3.63) is 58.3 Å². The van der Waals surface area contributed by atoms with Crippen molar-refractivity contribution in [1.82, 2.24) is 24.6 Å². The van der Waals surface area contributed by atoms with Gasteiger partial charge in [0, 0.05) is 36.6 Å². The van der Waals surface area contributed by atoms with Crippen molar-refractivity contribution in [3.8, 4) is 0 Å². The van der Waals surface area contributed by atoms with Gasteiger partial charge in [-0.1, -0.05) is 0 Å². The van der Waals surface area contributed by atoms with Gasteiger partial charge in [0.05, 0.1) is 29.6 Å². The topological polar surface area (TPSA) is 83.9 Å². The van der Waals surface area contributed by atoms with Crippen LogP contribution in [-0.2, 0) is 6.54 Å². The SMILES string of the molecule is O=C(c1ccc2nc[nH]c2c1)N1CC(Cn2nc(C3CC3)ccc2=O)C1. The van der Waals surface area contributed by atoms with Crippen molar-refractivity contribution in [1.29, 1.82) is 0 Å². The van der Waals surface area contributed by atoms with Crippen molar-refractivity contribution in [2.24, 2.45) is 5.92 Å². The van der Waals surface area contributed by atoms with Gasteiger partial charge < -0.3 is 9.88 Å². The smallest absolute Gasteiger partial charge is 0.266 e. The summed E-state index contributed by atoms with van der Waals surface area (Å²) in [5.74, 6) is 0.818. The summed E-state index contributed by atoms with van der Waals surface area (Å²) in [7, 11) is 0. The Morgan fingerprint density at radius 3 is 2.85 bits per heavy atom. The molecule has 132 valence electrons. The molecule has 1 saturated carbocycles. The van der Waals surface area contributed by atoms with Crippen LogP contribution in [-0.4, -0.2) is 43.6 Å². The van der Waals surface area contributed by atoms with Crippen LogP contribution in [0.5, 0.6) is 0 Å². The van der Waals surface area contributed by atoms with Gasteiger partial charge in [-0.25, -0.2) is 9.67 Å². The van der Waals surface area contributed by atoms with Gasteiger partial charge in [-0.15, -0.1) is 0 Å². The molecule has 0 atom stereocenters. The van der Waals surface area contributed by atoms with Crippen molar-refractivity contribution >= 4 is 16.9 Å². The molecule has 2 aromatic heterocycles. The molecular formula is C19H19N5O2. The number of aromatic amines is 1. The third-order valence-corrected chi connectivity index (χ3v) is 5.23. The minimum atomic E-state index is -0.0659. The molecule has 3 heterocycles. The highest BCUT2D eigenvalue weighted by atomic mass is 16.2. The lowest BCUT2D eigenvalue weighted by Gasteiger charge is -2.39. The molecule has 7 heteroatoms. The Kier molecular flexibility index (Phi) is 3.41. The largest absolute Gasteiger partial charge is 0.345 e. The average molecular weight is 349 g/mol. The summed E-state index contributed by atoms with van der Waals surface area (Å²) >= 11 is 0. The van der Waals surface area contributed by atoms with Crippen LogP contribution in [0.2, 0.25) is 0 Å². The van der Waals surface area contributed by atoms with Crippen LogP contribution in [0.3, 0.4) is 0 Å². The van der Waals surface area contributed by atoms with Gasteiger partial charge in [-0.2, -0.15) is 5.10 Å². The number of benzene rings is 1. The van der Waals surface area contributed by atoms with Crippen LogP contribution < -0.4 is 5.56 Å². The fraction of sp³-hybridized carbons (Fsp3) is 0.368. The van der Waals surface area contributed by atoms with Gasteiger partial charge in [-0.05, 0) is 37.1 Å². The van der Waals surface area contributed by atoms with Crippen molar-refractivity contribution in [2.45, 2.75) is 25.3 Å². The van der Waals surface area contributed by atoms with Gasteiger partial charge in [0.1, 0.15) is 0 Å². The van der Waals surface area contributed by atoms with E-state index in [0.29, 0.717) is 31.1 Å². The van der Waals surface area contributed by atoms with Crippen LogP contribution in [0.25, 0.3) is 11.0 Å². The number of nitrogens with zero attached hydrogens (tertiary/aromatic N) is 4. The lowest BCUT2D eigenvalue weighted by molar-refractivity contribution is 0.0458. The minimum Gasteiger partial charge on any atom is -0.345 e. The number of hydrogen-bond donors (Lipinski definition) is 1. The Morgan fingerprint density at radius 1 is 1.19 bits per heavy atom. The first-order chi connectivity index (χ1) is 12.7. The lowest BCUT2D eigenvalue weighted by Crippen LogP contribution is -2.52. The summed E-state index contributed by atoms with van der Waals surface area (Å²) in [6.45, 7) is 1.88. The number of likely N-dealkylation sites (tertiary alicyclic amines) is 1. The number of imidazole rings is 1. The zero-order valence-electron chi connectivity index (χ0n) is 14.3. The van der Waals surface area contributed by atoms with Gasteiger partial charge in [0.2, 0.25) is 0 Å². The predicted molar refractivity (Wildman–Crippen MR) is 96.0 cm³/mol. The number of nitrogens with one attached hydrogen (secondary N) is 1. The molecule has 0 spiro atoms. The van der Waals surface area contributed by atoms with Gasteiger partial charge >= 0.3 is 0 Å². The number of hydrogen-bond acceptors (Lipinski definition) is 4. The molecular weight excluding hydrogens is 330 g/mol. The van der Waals surface area contributed by atoms with E-state index in [1.165, 1.54) is 0 Å². The van der Waals surface area contributed by atoms with E-state index in [1.807, 2.05) is 29.2 Å². The number of carbonyl (C=O) groups is 1. The average Bonchev–Trinajstić information content (AvgIpc) is 3.35. The van der Waals surface area contributed by atoms with E-state index in [9.17, 15) is 9.59 Å². The standard InChI is InChI=1S/C19H19N5O2/c25-18-6-5-15(13-1-2-13)22-24(18)10-12-8-23(9-12)19(26)14-3-4-16-17(7-14)21-11-20-16/h3-7,11-13H,1-2,8-10H2,(H,20,21). The monoisotopic (exact) mass is 349 g/mol. The second kappa shape index (κ2) is 5.79. The molecule has 1 saturated heterocycles. The molecule has 0 unspecified atom stereocenters. The Hall–Kier alpha value is -2.96. The number of rotatable bonds is 4. The highest BCUT2D eigenvalue weighted by Gasteiger charge is 2.32. The quantitative estimate of drug-likeness (QED) is 0.778. The van der Waals surface area contributed by atoms with Crippen LogP contribution in [0.4, 0.5) is 0 Å². The summed E-state index contributed by atoms with van der Waals surface area (Å²) < 4.78 is 1.57. The maximum atomic E-state index is 12.6. The zero-order valence-corrected chi connectivity index (χ0v) is 14.3. The summed E-state index contributed by atoms with van der Waals surface area (Å²) in [5, 5.41) is 4.50. The minimum absolute atomic E-state index is 0.0183. The molecule has 1 aliphatic heterocycles. The van der Waals surface area contributed by atoms with Crippen LogP contribution in [0.15, 0.2) is 41.5 Å². The molecule has 0 bridgehead atoms. The summed E-state index contributed by atoms with van der Waals surface area (Å²) in [6.07, 6.45) is 3.95. The highest BCUT2D eigenvalue weighted by Crippen LogP contribution is 2.38. The summed E-state index contributed by atoms with van der Waals surface area (Å²) in [6, 6.07) is 8.96. The van der Waals surface area contributed by atoms with Crippen LogP contribution in [0.1, 0.15) is 34.8 Å². The number of aromatic nitrogens is 4. The lowest BCUT2D eigenvalue weighted by atomic mass is 9.98. The summed E-state index contributed by atoms with van der Waals surface area (Å²) in [5.41, 5.74) is 3.32. The van der Waals surface area contributed by atoms with Gasteiger partial charge in [0.15, 0.2) is 0 Å². The Bertz CT molecular complexity index is 1040. The fourth-order valence-corrected chi connectivity index (χ4v) is 3.54. The third kappa shape index (κ3) is 2.69. The second-order valence-electron chi connectivity index (χ2n) is 7.26. The third-order valence-electron chi connectivity index (χ3n) is 5.23. The molecule has 1 aliphatic carbocycles. The van der Waals surface area contributed by atoms with E-state index < -0.39 is 0 Å². The van der Waals surface area contributed by atoms with E-state index in [0.717, 1.165) is 29.6 Å². The molecule has 26 heavy (non-hydrogen) atoms. The first-order valence-corrected chi connectivity index (χ1v) is 8.98. The summed E-state index contributed by atoms with van der Waals surface area (Å²) in [4.78, 5) is 33.7. The molecule has 7 nitrogen and oxygen atoms in total. The van der Waals surface area contributed by atoms with Crippen LogP contribution in [0, 0.1) is 5.92 Å². The number of H-pyrrole nitrogens is 1. The molecule has 1 N–H and O–H groups in total. The predicted octanol–water partition coefficient (Wildman–Crippen LogP) is 1.77. The van der Waals surface area contributed by atoms with Crippen molar-refractivity contribution in [3.63, 3.8) is 0 Å². The second-order valence-corrected chi connectivity index (χ2v) is 7.26. The molecule has 2 fully saturated rings. The highest BCUT2D eigenvalue weighted by molar-refractivity contribution is 5.97. The molecule has 1 amide bonds. The molecule has 3 aromatic rings. The number of amides is 1. The van der Waals surface area contributed by atoms with E-state index in [2.05, 4.69) is 15.1 Å². The van der Waals surface area contributed by atoms with Crippen molar-refractivity contribution < 1.29 is 4.79 Å². The number of carbonyl (C=O) groups excluding carboxylic acids is 1. The molecule has 2 aliphatic rings. The fourth-order valence-electron chi connectivity index (χ4n) is 3.54. The normalized spacial score (nSPS) is 17.5. The molecule has 1 aromatic carbocycles. The molecule has 5 rings (SSSR count). The first-order valence-electron chi connectivity index (χ1n) is 8.98. The Labute approximate surface area is 149 Å². The Morgan fingerprint density at radius 2 is 2.04 bits per heavy atom. The maximum absolute atomic E-state index is 12.6. The van der Waals surface area contributed by atoms with Gasteiger partial charge in [0.25, 0.3) is 11.5 Å². The first kappa shape index (κ1) is 15.3. The van der Waals surface area contributed by atoms with Crippen LogP contribution >= 0.6 is 0 Å². The van der Waals surface area contributed by atoms with Gasteiger partial charge in [-0.3, -0.25) is 9.59 Å². The van der Waals surface area contributed by atoms with E-state index in [4.69, 9.17) is 0 Å². The Balaban J connectivity index is 1.25.